The Morgan fingerprint density at radius 3 is 2.87 bits per heavy atom. The fraction of sp³-hybridized carbons (Fsp3) is 0.182. The van der Waals surface area contributed by atoms with Crippen LogP contribution >= 0.6 is 24.2 Å². The maximum atomic E-state index is 10.9. The summed E-state index contributed by atoms with van der Waals surface area (Å²) in [6.45, 7) is 0. The topological polar surface area (TPSA) is 37.3 Å². The third-order valence-corrected chi connectivity index (χ3v) is 2.33. The molecule has 0 fully saturated rings. The number of aromatic carboxylic acids is 1. The van der Waals surface area contributed by atoms with Crippen molar-refractivity contribution in [1.29, 1.82) is 0 Å². The van der Waals surface area contributed by atoms with Crippen LogP contribution in [0.15, 0.2) is 24.3 Å². The summed E-state index contributed by atoms with van der Waals surface area (Å²) in [5, 5.41) is 9.37. The number of thiol groups is 1. The summed E-state index contributed by atoms with van der Waals surface area (Å²) >= 11 is 9.78. The summed E-state index contributed by atoms with van der Waals surface area (Å²) in [6, 6.07) is 4.82. The molecule has 0 aliphatic rings. The van der Waals surface area contributed by atoms with Crippen molar-refractivity contribution in [3.8, 4) is 0 Å². The molecule has 0 aromatic heterocycles. The molecule has 4 heteroatoms. The first kappa shape index (κ1) is 12.1. The van der Waals surface area contributed by atoms with E-state index in [1.807, 2.05) is 6.08 Å². The van der Waals surface area contributed by atoms with E-state index in [0.29, 0.717) is 10.6 Å². The van der Waals surface area contributed by atoms with Crippen molar-refractivity contribution in [2.75, 3.05) is 5.75 Å². The van der Waals surface area contributed by atoms with E-state index in [4.69, 9.17) is 16.7 Å². The lowest BCUT2D eigenvalue weighted by molar-refractivity contribution is 0.0696. The van der Waals surface area contributed by atoms with Crippen LogP contribution in [0.4, 0.5) is 0 Å². The molecular weight excluding hydrogens is 232 g/mol. The highest BCUT2D eigenvalue weighted by Crippen LogP contribution is 2.17. The number of carboxylic acid groups (broad SMARTS) is 1. The molecule has 0 saturated carbocycles. The fourth-order valence-electron chi connectivity index (χ4n) is 1.14. The van der Waals surface area contributed by atoms with E-state index in [1.165, 1.54) is 6.07 Å². The summed E-state index contributed by atoms with van der Waals surface area (Å²) < 4.78 is 0. The molecule has 0 unspecified atom stereocenters. The third kappa shape index (κ3) is 3.61. The highest BCUT2D eigenvalue weighted by Gasteiger charge is 2.07. The van der Waals surface area contributed by atoms with Gasteiger partial charge in [-0.05, 0) is 29.9 Å². The van der Waals surface area contributed by atoms with E-state index < -0.39 is 5.97 Å². The lowest BCUT2D eigenvalue weighted by Crippen LogP contribution is -1.99. The normalized spacial score (nSPS) is 10.8. The second-order valence-electron chi connectivity index (χ2n) is 2.95. The average molecular weight is 243 g/mol. The molecule has 0 saturated heterocycles. The van der Waals surface area contributed by atoms with E-state index in [0.717, 1.165) is 12.2 Å². The van der Waals surface area contributed by atoms with Gasteiger partial charge in [-0.3, -0.25) is 0 Å². The first-order valence-electron chi connectivity index (χ1n) is 4.45. The Morgan fingerprint density at radius 1 is 1.53 bits per heavy atom. The number of hydrogen-bond acceptors (Lipinski definition) is 2. The molecule has 2 nitrogen and oxygen atoms in total. The van der Waals surface area contributed by atoms with E-state index in [9.17, 15) is 4.79 Å². The molecule has 0 heterocycles. The molecule has 0 aliphatic heterocycles. The number of benzene rings is 1. The van der Waals surface area contributed by atoms with Crippen molar-refractivity contribution in [2.24, 2.45) is 0 Å². The number of rotatable bonds is 4. The molecular formula is C11H11ClO2S. The number of carbonyl (C=O) groups is 1. The Balaban J connectivity index is 3.01. The lowest BCUT2D eigenvalue weighted by atomic mass is 10.1. The Labute approximate surface area is 99.0 Å². The molecule has 1 rings (SSSR count). The Hall–Kier alpha value is -0.930. The number of halogens is 1. The standard InChI is InChI=1S/C11H11ClO2S/c12-9-5-4-8(3-1-2-6-15)10(7-9)11(13)14/h1,3-5,7,15H,2,6H2,(H,13,14). The second kappa shape index (κ2) is 5.83. The quantitative estimate of drug-likeness (QED) is 0.795. The Bertz CT molecular complexity index is 388. The molecule has 0 aliphatic carbocycles. The first-order chi connectivity index (χ1) is 7.15. The van der Waals surface area contributed by atoms with E-state index in [-0.39, 0.29) is 5.56 Å². The molecule has 0 atom stereocenters. The van der Waals surface area contributed by atoms with Gasteiger partial charge >= 0.3 is 5.97 Å². The molecule has 1 aromatic rings. The van der Waals surface area contributed by atoms with Crippen molar-refractivity contribution < 1.29 is 9.90 Å². The van der Waals surface area contributed by atoms with Crippen molar-refractivity contribution in [3.05, 3.63) is 40.4 Å². The third-order valence-electron chi connectivity index (χ3n) is 1.84. The first-order valence-corrected chi connectivity index (χ1v) is 5.46. The van der Waals surface area contributed by atoms with Gasteiger partial charge in [-0.15, -0.1) is 0 Å². The molecule has 0 radical (unpaired) electrons. The molecule has 15 heavy (non-hydrogen) atoms. The van der Waals surface area contributed by atoms with Gasteiger partial charge in [0.1, 0.15) is 0 Å². The van der Waals surface area contributed by atoms with Crippen LogP contribution in [0.1, 0.15) is 22.3 Å². The van der Waals surface area contributed by atoms with Crippen molar-refractivity contribution in [1.82, 2.24) is 0 Å². The largest absolute Gasteiger partial charge is 0.478 e. The van der Waals surface area contributed by atoms with E-state index in [2.05, 4.69) is 12.6 Å². The highest BCUT2D eigenvalue weighted by molar-refractivity contribution is 7.80. The summed E-state index contributed by atoms with van der Waals surface area (Å²) in [5.41, 5.74) is 0.881. The SMILES string of the molecule is O=C(O)c1cc(Cl)ccc1C=CCCS. The Kier molecular flexibility index (Phi) is 4.72. The molecule has 1 N–H and O–H groups in total. The monoisotopic (exact) mass is 242 g/mol. The van der Waals surface area contributed by atoms with Gasteiger partial charge in [-0.25, -0.2) is 4.79 Å². The van der Waals surface area contributed by atoms with Crippen molar-refractivity contribution in [3.63, 3.8) is 0 Å². The lowest BCUT2D eigenvalue weighted by Gasteiger charge is -2.01. The van der Waals surface area contributed by atoms with Gasteiger partial charge in [0.2, 0.25) is 0 Å². The maximum Gasteiger partial charge on any atom is 0.336 e. The van der Waals surface area contributed by atoms with Crippen molar-refractivity contribution in [2.45, 2.75) is 6.42 Å². The summed E-state index contributed by atoms with van der Waals surface area (Å²) in [5.74, 6) is -0.227. The van der Waals surface area contributed by atoms with Crippen LogP contribution in [0, 0.1) is 0 Å². The minimum absolute atomic E-state index is 0.220. The van der Waals surface area contributed by atoms with Crippen LogP contribution in [0.5, 0.6) is 0 Å². The molecule has 80 valence electrons. The van der Waals surface area contributed by atoms with E-state index >= 15 is 0 Å². The van der Waals surface area contributed by atoms with Crippen molar-refractivity contribution >= 4 is 36.3 Å². The molecule has 0 amide bonds. The zero-order valence-electron chi connectivity index (χ0n) is 7.98. The van der Waals surface area contributed by atoms with Crippen LogP contribution in [-0.2, 0) is 0 Å². The second-order valence-corrected chi connectivity index (χ2v) is 3.84. The summed E-state index contributed by atoms with van der Waals surface area (Å²) in [7, 11) is 0. The minimum Gasteiger partial charge on any atom is -0.478 e. The van der Waals surface area contributed by atoms with Gasteiger partial charge in [-0.1, -0.05) is 29.8 Å². The van der Waals surface area contributed by atoms with Gasteiger partial charge in [0, 0.05) is 5.02 Å². The summed E-state index contributed by atoms with van der Waals surface area (Å²) in [4.78, 5) is 10.9. The molecule has 0 spiro atoms. The number of allylic oxidation sites excluding steroid dienone is 1. The predicted octanol–water partition coefficient (Wildman–Crippen LogP) is 3.37. The smallest absolute Gasteiger partial charge is 0.336 e. The zero-order chi connectivity index (χ0) is 11.3. The van der Waals surface area contributed by atoms with Gasteiger partial charge in [-0.2, -0.15) is 12.6 Å². The summed E-state index contributed by atoms with van der Waals surface area (Å²) in [6.07, 6.45) is 4.48. The van der Waals surface area contributed by atoms with Gasteiger partial charge in [0.15, 0.2) is 0 Å². The van der Waals surface area contributed by atoms with E-state index in [1.54, 1.807) is 18.2 Å². The van der Waals surface area contributed by atoms with Gasteiger partial charge in [0.25, 0.3) is 0 Å². The number of hydrogen-bond donors (Lipinski definition) is 2. The van der Waals surface area contributed by atoms with Crippen LogP contribution in [-0.4, -0.2) is 16.8 Å². The highest BCUT2D eigenvalue weighted by atomic mass is 35.5. The fourth-order valence-corrected chi connectivity index (χ4v) is 1.47. The predicted molar refractivity (Wildman–Crippen MR) is 65.9 cm³/mol. The van der Waals surface area contributed by atoms with Crippen LogP contribution in [0.2, 0.25) is 5.02 Å². The Morgan fingerprint density at radius 2 is 2.27 bits per heavy atom. The van der Waals surface area contributed by atoms with Crippen LogP contribution in [0.3, 0.4) is 0 Å². The minimum atomic E-state index is -0.969. The molecule has 0 bridgehead atoms. The average Bonchev–Trinajstić information content (AvgIpc) is 2.20. The molecule has 1 aromatic carbocycles. The van der Waals surface area contributed by atoms with Crippen LogP contribution in [0.25, 0.3) is 6.08 Å². The van der Waals surface area contributed by atoms with Crippen LogP contribution < -0.4 is 0 Å². The van der Waals surface area contributed by atoms with Gasteiger partial charge < -0.3 is 5.11 Å². The number of carboxylic acids is 1. The zero-order valence-corrected chi connectivity index (χ0v) is 9.63. The van der Waals surface area contributed by atoms with Gasteiger partial charge in [0.05, 0.1) is 5.56 Å². The maximum absolute atomic E-state index is 10.9.